The smallest absolute Gasteiger partial charge is 0.294 e. The first-order chi connectivity index (χ1) is 10.0. The van der Waals surface area contributed by atoms with Gasteiger partial charge in [-0.05, 0) is 36.8 Å². The first kappa shape index (κ1) is 13.9. The molecule has 1 aliphatic heterocycles. The van der Waals surface area contributed by atoms with Gasteiger partial charge in [0.05, 0.1) is 10.6 Å². The van der Waals surface area contributed by atoms with Crippen LogP contribution in [-0.4, -0.2) is 16.9 Å². The highest BCUT2D eigenvalue weighted by Crippen LogP contribution is 2.36. The maximum atomic E-state index is 11.4. The fraction of sp³-hybridized carbons (Fsp3) is 0.533. The zero-order chi connectivity index (χ0) is 15.0. The Labute approximate surface area is 123 Å². The van der Waals surface area contributed by atoms with Crippen molar-refractivity contribution in [1.82, 2.24) is 0 Å². The van der Waals surface area contributed by atoms with Crippen LogP contribution in [0, 0.1) is 16.0 Å². The first-order valence-corrected chi connectivity index (χ1v) is 7.42. The maximum Gasteiger partial charge on any atom is 0.294 e. The van der Waals surface area contributed by atoms with E-state index >= 15 is 0 Å². The number of nitro benzene ring substituents is 1. The number of anilines is 2. The lowest BCUT2D eigenvalue weighted by Crippen LogP contribution is -2.23. The van der Waals surface area contributed by atoms with E-state index in [1.165, 1.54) is 6.07 Å². The summed E-state index contributed by atoms with van der Waals surface area (Å²) in [5.41, 5.74) is 2.15. The lowest BCUT2D eigenvalue weighted by molar-refractivity contribution is -0.383. The van der Waals surface area contributed by atoms with Gasteiger partial charge in [-0.2, -0.15) is 0 Å². The molecule has 1 aliphatic carbocycles. The molecule has 1 aromatic rings. The molecule has 1 amide bonds. The molecule has 0 saturated heterocycles. The van der Waals surface area contributed by atoms with Gasteiger partial charge in [0.25, 0.3) is 5.69 Å². The number of amides is 1. The quantitative estimate of drug-likeness (QED) is 0.661. The fourth-order valence-corrected chi connectivity index (χ4v) is 3.24. The molecule has 1 heterocycles. The van der Waals surface area contributed by atoms with Crippen LogP contribution in [0.1, 0.15) is 38.2 Å². The summed E-state index contributed by atoms with van der Waals surface area (Å²) < 4.78 is 0. The van der Waals surface area contributed by atoms with Gasteiger partial charge in [-0.1, -0.05) is 13.3 Å². The van der Waals surface area contributed by atoms with Crippen LogP contribution in [0.5, 0.6) is 0 Å². The Morgan fingerprint density at radius 3 is 2.81 bits per heavy atom. The summed E-state index contributed by atoms with van der Waals surface area (Å²) in [7, 11) is 0. The standard InChI is InChI=1S/C15H19N3O3/c1-9-3-2-4-11(9)16-13-7-10-5-6-15(19)17-12(10)8-14(13)18(20)21/h7-9,11,16H,2-6H2,1H3,(H,17,19). The Bertz CT molecular complexity index is 600. The van der Waals surface area contributed by atoms with Gasteiger partial charge in [0, 0.05) is 18.5 Å². The van der Waals surface area contributed by atoms with Crippen molar-refractivity contribution in [3.8, 4) is 0 Å². The predicted octanol–water partition coefficient (Wildman–Crippen LogP) is 3.08. The van der Waals surface area contributed by atoms with Gasteiger partial charge in [0.1, 0.15) is 5.69 Å². The Morgan fingerprint density at radius 1 is 1.33 bits per heavy atom. The van der Waals surface area contributed by atoms with Crippen LogP contribution in [0.15, 0.2) is 12.1 Å². The molecular weight excluding hydrogens is 270 g/mol. The largest absolute Gasteiger partial charge is 0.376 e. The highest BCUT2D eigenvalue weighted by atomic mass is 16.6. The number of rotatable bonds is 3. The van der Waals surface area contributed by atoms with Crippen LogP contribution in [0.4, 0.5) is 17.1 Å². The molecule has 0 spiro atoms. The normalized spacial score (nSPS) is 24.3. The summed E-state index contributed by atoms with van der Waals surface area (Å²) in [6.07, 6.45) is 4.43. The second-order valence-electron chi connectivity index (χ2n) is 5.99. The summed E-state index contributed by atoms with van der Waals surface area (Å²) in [5, 5.41) is 17.4. The first-order valence-electron chi connectivity index (χ1n) is 7.42. The lowest BCUT2D eigenvalue weighted by atomic mass is 10.00. The van der Waals surface area contributed by atoms with Crippen molar-refractivity contribution in [2.24, 2.45) is 5.92 Å². The van der Waals surface area contributed by atoms with Gasteiger partial charge in [-0.15, -0.1) is 0 Å². The van der Waals surface area contributed by atoms with E-state index in [4.69, 9.17) is 0 Å². The van der Waals surface area contributed by atoms with Crippen molar-refractivity contribution >= 4 is 23.0 Å². The van der Waals surface area contributed by atoms with Crippen molar-refractivity contribution in [2.45, 2.75) is 45.1 Å². The van der Waals surface area contributed by atoms with Crippen LogP contribution in [-0.2, 0) is 11.2 Å². The number of carbonyl (C=O) groups is 1. The van der Waals surface area contributed by atoms with Gasteiger partial charge >= 0.3 is 0 Å². The number of nitro groups is 1. The summed E-state index contributed by atoms with van der Waals surface area (Å²) >= 11 is 0. The Kier molecular flexibility index (Phi) is 3.53. The van der Waals surface area contributed by atoms with Gasteiger partial charge in [-0.25, -0.2) is 0 Å². The number of carbonyl (C=O) groups excluding carboxylic acids is 1. The Hall–Kier alpha value is -2.11. The van der Waals surface area contributed by atoms with Crippen LogP contribution in [0.2, 0.25) is 0 Å². The molecule has 112 valence electrons. The lowest BCUT2D eigenvalue weighted by Gasteiger charge is -2.22. The van der Waals surface area contributed by atoms with Crippen molar-refractivity contribution in [3.63, 3.8) is 0 Å². The summed E-state index contributed by atoms with van der Waals surface area (Å²) in [4.78, 5) is 22.3. The minimum absolute atomic E-state index is 0.0371. The Morgan fingerprint density at radius 2 is 2.14 bits per heavy atom. The van der Waals surface area contributed by atoms with Crippen LogP contribution in [0.25, 0.3) is 0 Å². The zero-order valence-electron chi connectivity index (χ0n) is 12.0. The molecule has 1 saturated carbocycles. The Balaban J connectivity index is 1.94. The third-order valence-electron chi connectivity index (χ3n) is 4.52. The molecule has 3 rings (SSSR count). The predicted molar refractivity (Wildman–Crippen MR) is 80.5 cm³/mol. The van der Waals surface area contributed by atoms with Gasteiger partial charge in [0.15, 0.2) is 0 Å². The van der Waals surface area contributed by atoms with Crippen molar-refractivity contribution < 1.29 is 9.72 Å². The summed E-state index contributed by atoms with van der Waals surface area (Å²) in [5.74, 6) is 0.447. The molecule has 2 aliphatic rings. The number of nitrogens with one attached hydrogen (secondary N) is 2. The van der Waals surface area contributed by atoms with Crippen molar-refractivity contribution in [3.05, 3.63) is 27.8 Å². The molecule has 0 bridgehead atoms. The molecule has 2 N–H and O–H groups in total. The average molecular weight is 289 g/mol. The third kappa shape index (κ3) is 2.70. The minimum atomic E-state index is -0.386. The van der Waals surface area contributed by atoms with Crippen LogP contribution < -0.4 is 10.6 Å². The van der Waals surface area contributed by atoms with E-state index in [1.807, 2.05) is 6.07 Å². The molecule has 21 heavy (non-hydrogen) atoms. The SMILES string of the molecule is CC1CCCC1Nc1cc2c(cc1[N+](=O)[O-])NC(=O)CC2. The molecular formula is C15H19N3O3. The number of benzene rings is 1. The zero-order valence-corrected chi connectivity index (χ0v) is 12.0. The minimum Gasteiger partial charge on any atom is -0.376 e. The van der Waals surface area contributed by atoms with Gasteiger partial charge < -0.3 is 10.6 Å². The molecule has 6 nitrogen and oxygen atoms in total. The van der Waals surface area contributed by atoms with Gasteiger partial charge in [-0.3, -0.25) is 14.9 Å². The average Bonchev–Trinajstić information content (AvgIpc) is 2.83. The van der Waals surface area contributed by atoms with Gasteiger partial charge in [0.2, 0.25) is 5.91 Å². The number of hydrogen-bond acceptors (Lipinski definition) is 4. The molecule has 0 aromatic heterocycles. The molecule has 2 atom stereocenters. The highest BCUT2D eigenvalue weighted by Gasteiger charge is 2.27. The highest BCUT2D eigenvalue weighted by molar-refractivity contribution is 5.95. The van der Waals surface area contributed by atoms with Crippen molar-refractivity contribution in [2.75, 3.05) is 10.6 Å². The summed E-state index contributed by atoms with van der Waals surface area (Å²) in [6, 6.07) is 3.60. The second kappa shape index (κ2) is 5.35. The molecule has 1 aromatic carbocycles. The monoisotopic (exact) mass is 289 g/mol. The second-order valence-corrected chi connectivity index (χ2v) is 5.99. The number of fused-ring (bicyclic) bond motifs is 1. The van der Waals surface area contributed by atoms with Crippen LogP contribution >= 0.6 is 0 Å². The maximum absolute atomic E-state index is 11.4. The van der Waals surface area contributed by atoms with Crippen LogP contribution in [0.3, 0.4) is 0 Å². The van der Waals surface area contributed by atoms with Crippen molar-refractivity contribution in [1.29, 1.82) is 0 Å². The molecule has 0 radical (unpaired) electrons. The molecule has 2 unspecified atom stereocenters. The third-order valence-corrected chi connectivity index (χ3v) is 4.52. The summed E-state index contributed by atoms with van der Waals surface area (Å²) in [6.45, 7) is 2.18. The number of hydrogen-bond donors (Lipinski definition) is 2. The van der Waals surface area contributed by atoms with E-state index < -0.39 is 0 Å². The van der Waals surface area contributed by atoms with E-state index in [2.05, 4.69) is 17.6 Å². The van der Waals surface area contributed by atoms with E-state index in [0.717, 1.165) is 24.8 Å². The van der Waals surface area contributed by atoms with E-state index in [1.54, 1.807) is 0 Å². The topological polar surface area (TPSA) is 84.3 Å². The molecule has 6 heteroatoms. The van der Waals surface area contributed by atoms with E-state index in [-0.39, 0.29) is 16.5 Å². The number of nitrogens with zero attached hydrogens (tertiary/aromatic N) is 1. The fourth-order valence-electron chi connectivity index (χ4n) is 3.24. The van der Waals surface area contributed by atoms with E-state index in [9.17, 15) is 14.9 Å². The van der Waals surface area contributed by atoms with E-state index in [0.29, 0.717) is 36.2 Å². The molecule has 1 fully saturated rings. The number of aryl methyl sites for hydroxylation is 1.